The molecule has 0 aliphatic heterocycles. The topological polar surface area (TPSA) is 68.3 Å². The van der Waals surface area contributed by atoms with Crippen molar-refractivity contribution >= 4 is 112 Å². The lowest BCUT2D eigenvalue weighted by molar-refractivity contribution is 0.0975. The molecule has 2 aromatic heterocycles. The van der Waals surface area contributed by atoms with Gasteiger partial charge in [-0.1, -0.05) is 60.7 Å². The number of rotatable bonds is 2. The van der Waals surface area contributed by atoms with Crippen LogP contribution in [0.15, 0.2) is 132 Å². The molecule has 0 fully saturated rings. The van der Waals surface area contributed by atoms with Crippen LogP contribution in [-0.4, -0.2) is 23.1 Å². The van der Waals surface area contributed by atoms with Crippen LogP contribution in [0.4, 0.5) is 0 Å². The Morgan fingerprint density at radius 1 is 0.397 bits per heavy atom. The van der Waals surface area contributed by atoms with E-state index in [1.54, 1.807) is 34.8 Å². The number of ketones is 4. The Hall–Kier alpha value is -6.60. The van der Waals surface area contributed by atoms with Gasteiger partial charge in [-0.15, -0.1) is 22.7 Å². The van der Waals surface area contributed by atoms with E-state index in [-0.39, 0.29) is 46.1 Å². The lowest BCUT2D eigenvalue weighted by Gasteiger charge is -2.31. The van der Waals surface area contributed by atoms with Crippen molar-refractivity contribution in [2.75, 3.05) is 0 Å². The summed E-state index contributed by atoms with van der Waals surface area (Å²) >= 11 is 3.28. The molecule has 2 unspecified atom stereocenters. The van der Waals surface area contributed by atoms with Gasteiger partial charge in [-0.05, 0) is 152 Å². The first-order valence-corrected chi connectivity index (χ1v) is 21.0. The molecule has 6 aromatic carbocycles. The molecule has 274 valence electrons. The number of carbonyl (C=O) groups excluding carboxylic acids is 4. The molecule has 58 heavy (non-hydrogen) atoms. The first-order valence-electron chi connectivity index (χ1n) is 19.4. The van der Waals surface area contributed by atoms with Gasteiger partial charge in [-0.2, -0.15) is 0 Å². The zero-order valence-corrected chi connectivity index (χ0v) is 32.9. The maximum absolute atomic E-state index is 13.8. The summed E-state index contributed by atoms with van der Waals surface area (Å²) in [6.45, 7) is 4.24. The molecule has 0 radical (unpaired) electrons. The molecule has 12 rings (SSSR count). The van der Waals surface area contributed by atoms with Crippen molar-refractivity contribution in [2.24, 2.45) is 0 Å². The van der Waals surface area contributed by atoms with E-state index in [4.69, 9.17) is 0 Å². The van der Waals surface area contributed by atoms with Crippen LogP contribution in [0, 0.1) is 0 Å². The summed E-state index contributed by atoms with van der Waals surface area (Å²) < 4.78 is 0. The van der Waals surface area contributed by atoms with E-state index in [0.29, 0.717) is 22.3 Å². The minimum absolute atomic E-state index is 0.0797. The number of benzene rings is 6. The second kappa shape index (κ2) is 12.0. The standard InChI is InChI=1S/C52H30O4S2/c1-25-11-43-44(51-37(25)21-35(57-51)23-45-47(53)39-17-31-13-27-7-3-4-8-28(27)14-32(31)18-40(39)48(45)54)12-26(2)38-22-36(58-52(38)43)24-46-49(55)41-19-33-15-29-9-5-6-10-30(29)16-34(33)20-42(41)50(46)56/h3-24,43-44H,1-2H3. The number of thiophene rings is 2. The molecule has 4 aliphatic carbocycles. The first kappa shape index (κ1) is 33.5. The maximum atomic E-state index is 13.8. The van der Waals surface area contributed by atoms with E-state index in [1.807, 2.05) is 48.5 Å². The molecule has 4 aliphatic rings. The minimum Gasteiger partial charge on any atom is -0.288 e. The molecule has 0 saturated heterocycles. The van der Waals surface area contributed by atoms with E-state index in [2.05, 4.69) is 86.7 Å². The highest BCUT2D eigenvalue weighted by atomic mass is 32.1. The smallest absolute Gasteiger partial charge is 0.197 e. The summed E-state index contributed by atoms with van der Waals surface area (Å²) in [5.41, 5.74) is 6.83. The molecule has 0 spiro atoms. The molecule has 4 nitrogen and oxygen atoms in total. The van der Waals surface area contributed by atoms with Gasteiger partial charge in [-0.3, -0.25) is 19.2 Å². The predicted octanol–water partition coefficient (Wildman–Crippen LogP) is 13.0. The van der Waals surface area contributed by atoms with Crippen LogP contribution in [0.3, 0.4) is 0 Å². The molecular formula is C52H30O4S2. The Bertz CT molecular complexity index is 3070. The summed E-state index contributed by atoms with van der Waals surface area (Å²) in [5.74, 6) is -0.752. The van der Waals surface area contributed by atoms with E-state index < -0.39 is 0 Å². The van der Waals surface area contributed by atoms with E-state index in [0.717, 1.165) is 75.1 Å². The highest BCUT2D eigenvalue weighted by Crippen LogP contribution is 2.54. The fraction of sp³-hybridized carbons (Fsp3) is 0.0769. The number of Topliss-reactive ketones (excluding diaryl/α,β-unsaturated/α-hetero) is 4. The fourth-order valence-electron chi connectivity index (χ4n) is 9.58. The van der Waals surface area contributed by atoms with Crippen molar-refractivity contribution in [3.8, 4) is 0 Å². The number of hydrogen-bond donors (Lipinski definition) is 0. The summed E-state index contributed by atoms with van der Waals surface area (Å²) in [7, 11) is 0. The Kier molecular flexibility index (Phi) is 6.92. The maximum Gasteiger partial charge on any atom is 0.197 e. The van der Waals surface area contributed by atoms with Crippen molar-refractivity contribution in [3.05, 3.63) is 185 Å². The number of fused-ring (bicyclic) bond motifs is 11. The average molecular weight is 783 g/mol. The van der Waals surface area contributed by atoms with Gasteiger partial charge in [0, 0.05) is 53.6 Å². The summed E-state index contributed by atoms with van der Waals surface area (Å²) in [6, 6.07) is 36.3. The highest BCUT2D eigenvalue weighted by molar-refractivity contribution is 7.14. The van der Waals surface area contributed by atoms with Gasteiger partial charge < -0.3 is 0 Å². The molecule has 2 heterocycles. The van der Waals surface area contributed by atoms with Crippen molar-refractivity contribution in [1.82, 2.24) is 0 Å². The van der Waals surface area contributed by atoms with Gasteiger partial charge in [0.1, 0.15) is 0 Å². The zero-order valence-electron chi connectivity index (χ0n) is 31.3. The monoisotopic (exact) mass is 782 g/mol. The molecule has 0 amide bonds. The third-order valence-electron chi connectivity index (χ3n) is 12.5. The minimum atomic E-state index is -0.228. The highest BCUT2D eigenvalue weighted by Gasteiger charge is 2.38. The van der Waals surface area contributed by atoms with E-state index in [9.17, 15) is 19.2 Å². The SMILES string of the molecule is CC1=CC2c3sc(C=C4C(=O)c5cc6cc7ccccc7cc6cc5C4=O)cc3C(C)=CC2c2sc(C=C3C(=O)c4cc5cc6ccccc6cc5cc4C3=O)cc21. The number of allylic oxidation sites excluding steroid dienone is 6. The molecular weight excluding hydrogens is 753 g/mol. The second-order valence-electron chi connectivity index (χ2n) is 15.9. The van der Waals surface area contributed by atoms with Crippen molar-refractivity contribution in [2.45, 2.75) is 25.7 Å². The molecule has 0 saturated carbocycles. The van der Waals surface area contributed by atoms with Gasteiger partial charge in [0.15, 0.2) is 23.1 Å². The van der Waals surface area contributed by atoms with Gasteiger partial charge in [0.05, 0.1) is 11.1 Å². The third-order valence-corrected chi connectivity index (χ3v) is 14.8. The summed E-state index contributed by atoms with van der Waals surface area (Å²) in [5, 5.41) is 8.15. The van der Waals surface area contributed by atoms with Crippen LogP contribution in [0.2, 0.25) is 0 Å². The first-order chi connectivity index (χ1) is 28.2. The predicted molar refractivity (Wildman–Crippen MR) is 238 cm³/mol. The van der Waals surface area contributed by atoms with Gasteiger partial charge in [0.25, 0.3) is 0 Å². The van der Waals surface area contributed by atoms with Gasteiger partial charge >= 0.3 is 0 Å². The lowest BCUT2D eigenvalue weighted by Crippen LogP contribution is -2.15. The number of carbonyl (C=O) groups is 4. The molecule has 2 atom stereocenters. The zero-order chi connectivity index (χ0) is 39.1. The van der Waals surface area contributed by atoms with Crippen LogP contribution in [0.5, 0.6) is 0 Å². The summed E-state index contributed by atoms with van der Waals surface area (Å²) in [6.07, 6.45) is 8.22. The van der Waals surface area contributed by atoms with E-state index >= 15 is 0 Å². The Morgan fingerprint density at radius 3 is 1.02 bits per heavy atom. The quantitative estimate of drug-likeness (QED) is 0.0995. The van der Waals surface area contributed by atoms with Crippen molar-refractivity contribution in [1.29, 1.82) is 0 Å². The van der Waals surface area contributed by atoms with Gasteiger partial charge in [0.2, 0.25) is 0 Å². The third kappa shape index (κ3) is 4.79. The Balaban J connectivity index is 0.867. The van der Waals surface area contributed by atoms with E-state index in [1.165, 1.54) is 9.75 Å². The van der Waals surface area contributed by atoms with Crippen LogP contribution in [0.25, 0.3) is 66.4 Å². The molecule has 0 bridgehead atoms. The molecule has 0 N–H and O–H groups in total. The van der Waals surface area contributed by atoms with Crippen LogP contribution >= 0.6 is 22.7 Å². The molecule has 6 heteroatoms. The van der Waals surface area contributed by atoms with Gasteiger partial charge in [-0.25, -0.2) is 0 Å². The number of hydrogen-bond acceptors (Lipinski definition) is 6. The van der Waals surface area contributed by atoms with Crippen LogP contribution < -0.4 is 0 Å². The Labute approximate surface area is 340 Å². The fourth-order valence-corrected chi connectivity index (χ4v) is 12.2. The van der Waals surface area contributed by atoms with Crippen LogP contribution in [-0.2, 0) is 0 Å². The largest absolute Gasteiger partial charge is 0.288 e. The Morgan fingerprint density at radius 2 is 0.707 bits per heavy atom. The lowest BCUT2D eigenvalue weighted by atomic mass is 9.75. The second-order valence-corrected chi connectivity index (χ2v) is 18.2. The molecule has 8 aromatic rings. The van der Waals surface area contributed by atoms with Crippen LogP contribution in [0.1, 0.15) is 97.8 Å². The van der Waals surface area contributed by atoms with Crippen molar-refractivity contribution < 1.29 is 19.2 Å². The normalized spacial score (nSPS) is 18.1. The summed E-state index contributed by atoms with van der Waals surface area (Å²) in [4.78, 5) is 59.4. The van der Waals surface area contributed by atoms with Crippen molar-refractivity contribution in [3.63, 3.8) is 0 Å². The average Bonchev–Trinajstić information content (AvgIpc) is 3.97.